The van der Waals surface area contributed by atoms with E-state index in [1.165, 1.54) is 7.11 Å². The molecule has 6 rings (SSSR count). The van der Waals surface area contributed by atoms with Crippen LogP contribution in [0.1, 0.15) is 54.2 Å². The molecular formula is C32H27BrN2O4. The average Bonchev–Trinajstić information content (AvgIpc) is 2.92. The first-order chi connectivity index (χ1) is 18.7. The van der Waals surface area contributed by atoms with E-state index >= 15 is 0 Å². The topological polar surface area (TPSA) is 77.5 Å². The molecule has 1 aliphatic carbocycles. The molecule has 0 radical (unpaired) electrons. The number of allylic oxidation sites excluding steroid dienone is 1. The summed E-state index contributed by atoms with van der Waals surface area (Å²) >= 11 is 3.38. The fourth-order valence-electron chi connectivity index (χ4n) is 5.66. The lowest BCUT2D eigenvalue weighted by Gasteiger charge is -2.40. The Bertz CT molecular complexity index is 1670. The number of fused-ring (bicyclic) bond motifs is 4. The van der Waals surface area contributed by atoms with Crippen LogP contribution in [0.2, 0.25) is 0 Å². The van der Waals surface area contributed by atoms with Gasteiger partial charge in [0.15, 0.2) is 17.3 Å². The lowest BCUT2D eigenvalue weighted by atomic mass is 9.68. The number of anilines is 1. The van der Waals surface area contributed by atoms with Crippen molar-refractivity contribution in [2.24, 2.45) is 5.41 Å². The molecule has 0 saturated heterocycles. The molecule has 39 heavy (non-hydrogen) atoms. The number of aromatic nitrogens is 1. The van der Waals surface area contributed by atoms with Crippen LogP contribution in [0.25, 0.3) is 16.5 Å². The molecule has 0 amide bonds. The van der Waals surface area contributed by atoms with Gasteiger partial charge in [-0.25, -0.2) is 4.79 Å². The monoisotopic (exact) mass is 582 g/mol. The molecule has 2 aliphatic rings. The molecule has 4 aromatic rings. The molecule has 196 valence electrons. The second kappa shape index (κ2) is 9.65. The van der Waals surface area contributed by atoms with Crippen LogP contribution in [0.15, 0.2) is 83.0 Å². The summed E-state index contributed by atoms with van der Waals surface area (Å²) in [5.74, 6) is 0.384. The molecule has 1 unspecified atom stereocenters. The Hall–Kier alpha value is -3.97. The number of nitrogens with zero attached hydrogens (tertiary/aromatic N) is 1. The maximum atomic E-state index is 13.7. The number of esters is 1. The molecule has 1 N–H and O–H groups in total. The molecule has 0 spiro atoms. The second-order valence-electron chi connectivity index (χ2n) is 10.8. The van der Waals surface area contributed by atoms with Gasteiger partial charge in [-0.2, -0.15) is 0 Å². The maximum Gasteiger partial charge on any atom is 0.343 e. The van der Waals surface area contributed by atoms with Gasteiger partial charge in [-0.1, -0.05) is 41.9 Å². The van der Waals surface area contributed by atoms with Gasteiger partial charge >= 0.3 is 5.97 Å². The van der Waals surface area contributed by atoms with Crippen LogP contribution in [-0.2, 0) is 4.79 Å². The quantitative estimate of drug-likeness (QED) is 0.198. The van der Waals surface area contributed by atoms with Gasteiger partial charge in [-0.05, 0) is 77.6 Å². The van der Waals surface area contributed by atoms with Gasteiger partial charge in [0.2, 0.25) is 0 Å². The first-order valence-corrected chi connectivity index (χ1v) is 13.6. The number of halogens is 1. The van der Waals surface area contributed by atoms with Gasteiger partial charge < -0.3 is 14.8 Å². The molecule has 0 bridgehead atoms. The third kappa shape index (κ3) is 4.61. The molecule has 2 heterocycles. The van der Waals surface area contributed by atoms with Crippen LogP contribution in [0.3, 0.4) is 0 Å². The number of rotatable bonds is 4. The van der Waals surface area contributed by atoms with E-state index in [0.29, 0.717) is 23.5 Å². The number of methoxy groups -OCH3 is 1. The zero-order chi connectivity index (χ0) is 27.3. The Morgan fingerprint density at radius 2 is 1.82 bits per heavy atom. The Morgan fingerprint density at radius 1 is 1.03 bits per heavy atom. The molecule has 1 aliphatic heterocycles. The van der Waals surface area contributed by atoms with Crippen molar-refractivity contribution in [1.29, 1.82) is 0 Å². The number of ketones is 1. The molecular weight excluding hydrogens is 556 g/mol. The van der Waals surface area contributed by atoms with Crippen LogP contribution in [0.5, 0.6) is 11.5 Å². The van der Waals surface area contributed by atoms with Crippen molar-refractivity contribution in [3.8, 4) is 11.5 Å². The number of pyridine rings is 1. The number of carbonyl (C=O) groups is 2. The molecule has 1 aromatic heterocycles. The number of hydrogen-bond donors (Lipinski definition) is 1. The molecule has 6 nitrogen and oxygen atoms in total. The van der Waals surface area contributed by atoms with E-state index < -0.39 is 5.97 Å². The summed E-state index contributed by atoms with van der Waals surface area (Å²) in [4.78, 5) is 31.0. The Labute approximate surface area is 235 Å². The third-order valence-electron chi connectivity index (χ3n) is 7.40. The van der Waals surface area contributed by atoms with Crippen molar-refractivity contribution in [3.63, 3.8) is 0 Å². The van der Waals surface area contributed by atoms with E-state index in [2.05, 4.69) is 46.1 Å². The van der Waals surface area contributed by atoms with Crippen molar-refractivity contribution in [3.05, 3.63) is 99.7 Å². The minimum Gasteiger partial charge on any atom is -0.493 e. The number of Topliss-reactive ketones (excluding diaryl/α,β-unsaturated/α-hetero) is 1. The van der Waals surface area contributed by atoms with Crippen molar-refractivity contribution in [2.75, 3.05) is 12.4 Å². The Morgan fingerprint density at radius 3 is 2.59 bits per heavy atom. The fourth-order valence-corrected chi connectivity index (χ4v) is 5.93. The summed E-state index contributed by atoms with van der Waals surface area (Å²) in [6.07, 6.45) is 3.05. The number of benzene rings is 3. The highest BCUT2D eigenvalue weighted by Crippen LogP contribution is 2.52. The highest BCUT2D eigenvalue weighted by Gasteiger charge is 2.41. The number of nitrogens with one attached hydrogen (secondary N) is 1. The van der Waals surface area contributed by atoms with Gasteiger partial charge in [0.25, 0.3) is 0 Å². The normalized spacial score (nSPS) is 17.7. The zero-order valence-corrected chi connectivity index (χ0v) is 23.5. The summed E-state index contributed by atoms with van der Waals surface area (Å²) in [6.45, 7) is 4.29. The average molecular weight is 583 g/mol. The summed E-state index contributed by atoms with van der Waals surface area (Å²) in [7, 11) is 1.54. The minimum atomic E-state index is -0.478. The van der Waals surface area contributed by atoms with Crippen LogP contribution in [0.4, 0.5) is 5.69 Å². The predicted molar refractivity (Wildman–Crippen MR) is 155 cm³/mol. The van der Waals surface area contributed by atoms with Crippen LogP contribution in [0, 0.1) is 5.41 Å². The molecule has 3 aromatic carbocycles. The van der Waals surface area contributed by atoms with Gasteiger partial charge in [-0.15, -0.1) is 0 Å². The standard InChI is InChI=1S/C32H27BrN2O4/c1-32(2)16-22-28-21-5-4-14-34-23(21)11-12-24(28)35-30(29(22)25(36)17-32)19-8-13-26(27(15-19)38-3)39-31(37)18-6-9-20(33)10-7-18/h4-15,30,35H,16-17H2,1-3H3. The highest BCUT2D eigenvalue weighted by molar-refractivity contribution is 9.10. The third-order valence-corrected chi connectivity index (χ3v) is 7.93. The first kappa shape index (κ1) is 25.3. The van der Waals surface area contributed by atoms with E-state index in [-0.39, 0.29) is 17.2 Å². The molecule has 0 fully saturated rings. The van der Waals surface area contributed by atoms with E-state index in [1.54, 1.807) is 36.5 Å². The van der Waals surface area contributed by atoms with Crippen molar-refractivity contribution >= 4 is 49.8 Å². The summed E-state index contributed by atoms with van der Waals surface area (Å²) in [6, 6.07) is 20.1. The first-order valence-electron chi connectivity index (χ1n) is 12.8. The lowest BCUT2D eigenvalue weighted by Crippen LogP contribution is -2.33. The van der Waals surface area contributed by atoms with Gasteiger partial charge in [-0.3, -0.25) is 9.78 Å². The van der Waals surface area contributed by atoms with E-state index in [1.807, 2.05) is 30.3 Å². The SMILES string of the molecule is COc1cc(C2Nc3ccc4ncccc4c3C3=C2C(=O)CC(C)(C)C3)ccc1OC(=O)c1ccc(Br)cc1. The number of carbonyl (C=O) groups excluding carboxylic acids is 2. The zero-order valence-electron chi connectivity index (χ0n) is 21.9. The Balaban J connectivity index is 1.42. The summed E-state index contributed by atoms with van der Waals surface area (Å²) < 4.78 is 12.2. The summed E-state index contributed by atoms with van der Waals surface area (Å²) in [5.41, 5.74) is 5.90. The molecule has 0 saturated carbocycles. The molecule has 7 heteroatoms. The Kier molecular flexibility index (Phi) is 6.26. The van der Waals surface area contributed by atoms with Crippen LogP contribution in [-0.4, -0.2) is 23.8 Å². The van der Waals surface area contributed by atoms with Gasteiger partial charge in [0.1, 0.15) is 0 Å². The van der Waals surface area contributed by atoms with Crippen LogP contribution >= 0.6 is 15.9 Å². The van der Waals surface area contributed by atoms with Gasteiger partial charge in [0.05, 0.1) is 24.2 Å². The largest absolute Gasteiger partial charge is 0.493 e. The van der Waals surface area contributed by atoms with Gasteiger partial charge in [0, 0.05) is 39.3 Å². The smallest absolute Gasteiger partial charge is 0.343 e. The predicted octanol–water partition coefficient (Wildman–Crippen LogP) is 7.53. The van der Waals surface area contributed by atoms with E-state index in [0.717, 1.165) is 49.8 Å². The lowest BCUT2D eigenvalue weighted by molar-refractivity contribution is -0.118. The number of ether oxygens (including phenoxy) is 2. The van der Waals surface area contributed by atoms with Crippen molar-refractivity contribution < 1.29 is 19.1 Å². The second-order valence-corrected chi connectivity index (χ2v) is 11.7. The fraction of sp³-hybridized carbons (Fsp3) is 0.219. The van der Waals surface area contributed by atoms with Crippen LogP contribution < -0.4 is 14.8 Å². The maximum absolute atomic E-state index is 13.7. The van der Waals surface area contributed by atoms with E-state index in [4.69, 9.17) is 9.47 Å². The van der Waals surface area contributed by atoms with Crippen molar-refractivity contribution in [1.82, 2.24) is 4.98 Å². The molecule has 1 atom stereocenters. The highest BCUT2D eigenvalue weighted by atomic mass is 79.9. The number of hydrogen-bond acceptors (Lipinski definition) is 6. The van der Waals surface area contributed by atoms with E-state index in [9.17, 15) is 9.59 Å². The minimum absolute atomic E-state index is 0.134. The summed E-state index contributed by atoms with van der Waals surface area (Å²) in [5, 5.41) is 4.66. The van der Waals surface area contributed by atoms with Crippen molar-refractivity contribution in [2.45, 2.75) is 32.7 Å².